The van der Waals surface area contributed by atoms with Crippen LogP contribution in [0, 0.1) is 0 Å². The minimum absolute atomic E-state index is 0.122. The quantitative estimate of drug-likeness (QED) is 0.845. The van der Waals surface area contributed by atoms with Crippen molar-refractivity contribution in [3.63, 3.8) is 0 Å². The number of alkyl halides is 2. The lowest BCUT2D eigenvalue weighted by atomic mass is 10.1. The van der Waals surface area contributed by atoms with Crippen molar-refractivity contribution >= 4 is 5.97 Å². The maximum absolute atomic E-state index is 12.5. The summed E-state index contributed by atoms with van der Waals surface area (Å²) in [5, 5.41) is 8.74. The molecule has 0 atom stereocenters. The van der Waals surface area contributed by atoms with Crippen molar-refractivity contribution in [2.24, 2.45) is 0 Å². The first kappa shape index (κ1) is 10.9. The summed E-state index contributed by atoms with van der Waals surface area (Å²) in [5.41, 5.74) is 0.618. The summed E-state index contributed by atoms with van der Waals surface area (Å²) >= 11 is 0. The van der Waals surface area contributed by atoms with Gasteiger partial charge in [-0.1, -0.05) is 0 Å². The van der Waals surface area contributed by atoms with Gasteiger partial charge in [0.15, 0.2) is 0 Å². The summed E-state index contributed by atoms with van der Waals surface area (Å²) in [4.78, 5) is 16.1. The molecule has 0 aromatic carbocycles. The molecule has 1 aromatic rings. The first-order chi connectivity index (χ1) is 7.46. The molecule has 0 bridgehead atoms. The van der Waals surface area contributed by atoms with Crippen molar-refractivity contribution in [2.45, 2.75) is 12.5 Å². The van der Waals surface area contributed by atoms with Crippen LogP contribution in [0.25, 0.3) is 0 Å². The fourth-order valence-electron chi connectivity index (χ4n) is 1.65. The summed E-state index contributed by atoms with van der Waals surface area (Å²) in [6.07, 6.45) is 1.37. The van der Waals surface area contributed by atoms with Crippen molar-refractivity contribution in [2.75, 3.05) is 13.1 Å². The van der Waals surface area contributed by atoms with E-state index < -0.39 is 11.9 Å². The number of aromatic nitrogens is 1. The topological polar surface area (TPSA) is 53.4 Å². The average Bonchev–Trinajstić information content (AvgIpc) is 2.15. The van der Waals surface area contributed by atoms with Crippen molar-refractivity contribution in [3.05, 3.63) is 29.6 Å². The largest absolute Gasteiger partial charge is 0.478 e. The second kappa shape index (κ2) is 3.79. The molecule has 0 saturated carbocycles. The van der Waals surface area contributed by atoms with Crippen LogP contribution >= 0.6 is 0 Å². The Morgan fingerprint density at radius 3 is 2.81 bits per heavy atom. The predicted octanol–water partition coefficient (Wildman–Crippen LogP) is 1.23. The molecule has 0 amide bonds. The van der Waals surface area contributed by atoms with E-state index in [9.17, 15) is 13.6 Å². The van der Waals surface area contributed by atoms with Gasteiger partial charge in [-0.2, -0.15) is 0 Å². The molecule has 1 aliphatic rings. The third-order valence-electron chi connectivity index (χ3n) is 2.36. The molecule has 0 spiro atoms. The van der Waals surface area contributed by atoms with Gasteiger partial charge in [0.1, 0.15) is 0 Å². The molecule has 1 aliphatic heterocycles. The van der Waals surface area contributed by atoms with Crippen LogP contribution in [-0.4, -0.2) is 40.0 Å². The Labute approximate surface area is 90.5 Å². The second-order valence-electron chi connectivity index (χ2n) is 3.84. The van der Waals surface area contributed by atoms with Crippen molar-refractivity contribution in [1.29, 1.82) is 0 Å². The number of carboxylic acid groups (broad SMARTS) is 1. The molecule has 0 radical (unpaired) electrons. The first-order valence-corrected chi connectivity index (χ1v) is 4.75. The minimum Gasteiger partial charge on any atom is -0.478 e. The second-order valence-corrected chi connectivity index (χ2v) is 3.84. The highest BCUT2D eigenvalue weighted by Gasteiger charge is 2.43. The molecule has 86 valence electrons. The van der Waals surface area contributed by atoms with E-state index in [-0.39, 0.29) is 25.2 Å². The van der Waals surface area contributed by atoms with E-state index in [0.717, 1.165) is 0 Å². The van der Waals surface area contributed by atoms with Crippen LogP contribution in [0.1, 0.15) is 16.1 Å². The van der Waals surface area contributed by atoms with E-state index in [1.807, 2.05) is 0 Å². The van der Waals surface area contributed by atoms with Crippen LogP contribution in [-0.2, 0) is 6.54 Å². The van der Waals surface area contributed by atoms with Gasteiger partial charge in [0, 0.05) is 12.7 Å². The van der Waals surface area contributed by atoms with Crippen LogP contribution in [0.5, 0.6) is 0 Å². The number of carbonyl (C=O) groups is 1. The fourth-order valence-corrected chi connectivity index (χ4v) is 1.65. The van der Waals surface area contributed by atoms with Gasteiger partial charge < -0.3 is 5.11 Å². The van der Waals surface area contributed by atoms with Crippen LogP contribution in [0.4, 0.5) is 8.78 Å². The number of rotatable bonds is 3. The number of halogens is 2. The van der Waals surface area contributed by atoms with Crippen LogP contribution in [0.3, 0.4) is 0 Å². The SMILES string of the molecule is O=C(O)c1ccnc(CN2CC(F)(F)C2)c1. The lowest BCUT2D eigenvalue weighted by molar-refractivity contribution is -0.134. The van der Waals surface area contributed by atoms with Gasteiger partial charge in [0.05, 0.1) is 24.3 Å². The van der Waals surface area contributed by atoms with Crippen molar-refractivity contribution in [1.82, 2.24) is 9.88 Å². The molecule has 4 nitrogen and oxygen atoms in total. The van der Waals surface area contributed by atoms with Gasteiger partial charge in [0.2, 0.25) is 0 Å². The number of hydrogen-bond acceptors (Lipinski definition) is 3. The summed E-state index contributed by atoms with van der Waals surface area (Å²) in [6.45, 7) is -0.311. The lowest BCUT2D eigenvalue weighted by Gasteiger charge is -2.38. The van der Waals surface area contributed by atoms with Gasteiger partial charge in [-0.3, -0.25) is 9.88 Å². The number of carboxylic acids is 1. The summed E-state index contributed by atoms with van der Waals surface area (Å²) in [6, 6.07) is 2.77. The third-order valence-corrected chi connectivity index (χ3v) is 2.36. The molecule has 1 saturated heterocycles. The Morgan fingerprint density at radius 1 is 1.56 bits per heavy atom. The maximum atomic E-state index is 12.5. The highest BCUT2D eigenvalue weighted by molar-refractivity contribution is 5.87. The van der Waals surface area contributed by atoms with Gasteiger partial charge in [-0.05, 0) is 12.1 Å². The summed E-state index contributed by atoms with van der Waals surface area (Å²) < 4.78 is 25.1. The summed E-state index contributed by atoms with van der Waals surface area (Å²) in [7, 11) is 0. The monoisotopic (exact) mass is 228 g/mol. The number of nitrogens with zero attached hydrogens (tertiary/aromatic N) is 2. The first-order valence-electron chi connectivity index (χ1n) is 4.75. The highest BCUT2D eigenvalue weighted by atomic mass is 19.3. The fraction of sp³-hybridized carbons (Fsp3) is 0.400. The molecule has 6 heteroatoms. The third kappa shape index (κ3) is 2.33. The Hall–Kier alpha value is -1.56. The molecule has 0 unspecified atom stereocenters. The van der Waals surface area contributed by atoms with E-state index in [0.29, 0.717) is 5.69 Å². The smallest absolute Gasteiger partial charge is 0.335 e. The number of pyridine rings is 1. The van der Waals surface area contributed by atoms with Crippen LogP contribution in [0.2, 0.25) is 0 Å². The summed E-state index contributed by atoms with van der Waals surface area (Å²) in [5.74, 6) is -3.65. The van der Waals surface area contributed by atoms with E-state index in [2.05, 4.69) is 4.98 Å². The standard InChI is InChI=1S/C10H10F2N2O2/c11-10(12)5-14(6-10)4-8-3-7(9(15)16)1-2-13-8/h1-3H,4-6H2,(H,15,16). The van der Waals surface area contributed by atoms with Crippen molar-refractivity contribution < 1.29 is 18.7 Å². The van der Waals surface area contributed by atoms with Gasteiger partial charge in [-0.15, -0.1) is 0 Å². The number of likely N-dealkylation sites (tertiary alicyclic amines) is 1. The Morgan fingerprint density at radius 2 is 2.25 bits per heavy atom. The van der Waals surface area contributed by atoms with E-state index in [4.69, 9.17) is 5.11 Å². The van der Waals surface area contributed by atoms with Gasteiger partial charge >= 0.3 is 5.97 Å². The van der Waals surface area contributed by atoms with E-state index in [1.54, 1.807) is 0 Å². The van der Waals surface area contributed by atoms with E-state index in [1.165, 1.54) is 23.2 Å². The molecule has 2 heterocycles. The molecule has 1 fully saturated rings. The van der Waals surface area contributed by atoms with Crippen LogP contribution in [0.15, 0.2) is 18.3 Å². The van der Waals surface area contributed by atoms with Gasteiger partial charge in [0.25, 0.3) is 5.92 Å². The lowest BCUT2D eigenvalue weighted by Crippen LogP contribution is -2.55. The Balaban J connectivity index is 2.00. The number of aromatic carboxylic acids is 1. The van der Waals surface area contributed by atoms with E-state index >= 15 is 0 Å². The zero-order valence-corrected chi connectivity index (χ0v) is 8.36. The molecule has 1 N–H and O–H groups in total. The Bertz CT molecular complexity index is 415. The zero-order valence-electron chi connectivity index (χ0n) is 8.36. The molecule has 2 rings (SSSR count). The van der Waals surface area contributed by atoms with Crippen molar-refractivity contribution in [3.8, 4) is 0 Å². The normalized spacial score (nSPS) is 19.1. The molecular formula is C10H10F2N2O2. The van der Waals surface area contributed by atoms with Gasteiger partial charge in [-0.25, -0.2) is 13.6 Å². The minimum atomic E-state index is -2.61. The molecule has 16 heavy (non-hydrogen) atoms. The molecule has 0 aliphatic carbocycles. The average molecular weight is 228 g/mol. The number of hydrogen-bond donors (Lipinski definition) is 1. The highest BCUT2D eigenvalue weighted by Crippen LogP contribution is 2.27. The Kier molecular flexibility index (Phi) is 2.59. The molecular weight excluding hydrogens is 218 g/mol. The zero-order chi connectivity index (χ0) is 11.8. The predicted molar refractivity (Wildman–Crippen MR) is 51.4 cm³/mol. The van der Waals surface area contributed by atoms with Crippen LogP contribution < -0.4 is 0 Å². The maximum Gasteiger partial charge on any atom is 0.335 e. The molecule has 1 aromatic heterocycles.